The van der Waals surface area contributed by atoms with Gasteiger partial charge < -0.3 is 20.9 Å². The van der Waals surface area contributed by atoms with Crippen molar-refractivity contribution < 1.29 is 9.69 Å². The van der Waals surface area contributed by atoms with E-state index in [0.29, 0.717) is 5.11 Å². The molecule has 0 heterocycles. The second-order valence-corrected chi connectivity index (χ2v) is 5.36. The minimum absolute atomic E-state index is 0.0779. The van der Waals surface area contributed by atoms with Crippen molar-refractivity contribution >= 4 is 34.6 Å². The zero-order valence-electron chi connectivity index (χ0n) is 12.2. The first-order valence-electron chi connectivity index (χ1n) is 6.69. The minimum Gasteiger partial charge on any atom is -0.362 e. The van der Waals surface area contributed by atoms with Crippen LogP contribution in [0.1, 0.15) is 13.3 Å². The van der Waals surface area contributed by atoms with E-state index in [1.54, 1.807) is 0 Å². The summed E-state index contributed by atoms with van der Waals surface area (Å²) in [6.07, 6.45) is 1.08. The molecule has 0 saturated carbocycles. The smallest absolute Gasteiger partial charge is 0.221 e. The summed E-state index contributed by atoms with van der Waals surface area (Å²) in [5.41, 5.74) is 1.67. The summed E-state index contributed by atoms with van der Waals surface area (Å²) in [6.45, 7) is 3.46. The Morgan fingerprint density at radius 1 is 1.15 bits per heavy atom. The van der Waals surface area contributed by atoms with E-state index in [0.717, 1.165) is 30.9 Å². The number of hydrogen-bond acceptors (Lipinski definition) is 2. The van der Waals surface area contributed by atoms with Crippen molar-refractivity contribution in [1.29, 1.82) is 0 Å². The average molecular weight is 295 g/mol. The van der Waals surface area contributed by atoms with Crippen molar-refractivity contribution in [3.63, 3.8) is 0 Å². The van der Waals surface area contributed by atoms with Crippen LogP contribution in [0.15, 0.2) is 24.3 Å². The van der Waals surface area contributed by atoms with Crippen LogP contribution in [-0.4, -0.2) is 38.2 Å². The number of benzene rings is 1. The maximum Gasteiger partial charge on any atom is 0.221 e. The molecule has 0 unspecified atom stereocenters. The summed E-state index contributed by atoms with van der Waals surface area (Å²) < 4.78 is 0. The highest BCUT2D eigenvalue weighted by atomic mass is 32.1. The third kappa shape index (κ3) is 7.06. The molecule has 0 radical (unpaired) electrons. The van der Waals surface area contributed by atoms with Gasteiger partial charge in [0.25, 0.3) is 0 Å². The normalized spacial score (nSPS) is 10.2. The Bertz CT molecular complexity index is 445. The molecule has 1 aromatic carbocycles. The molecule has 5 nitrogen and oxygen atoms in total. The number of thiocarbonyl (C=S) groups is 1. The third-order valence-electron chi connectivity index (χ3n) is 2.60. The van der Waals surface area contributed by atoms with Crippen LogP contribution in [0.4, 0.5) is 11.4 Å². The fourth-order valence-corrected chi connectivity index (χ4v) is 1.88. The lowest BCUT2D eigenvalue weighted by Crippen LogP contribution is -3.05. The summed E-state index contributed by atoms with van der Waals surface area (Å²) in [5, 5.41) is 9.62. The monoisotopic (exact) mass is 295 g/mol. The van der Waals surface area contributed by atoms with E-state index >= 15 is 0 Å². The van der Waals surface area contributed by atoms with E-state index in [4.69, 9.17) is 12.2 Å². The van der Waals surface area contributed by atoms with E-state index in [1.807, 2.05) is 24.3 Å². The predicted octanol–water partition coefficient (Wildman–Crippen LogP) is 0.466. The van der Waals surface area contributed by atoms with Crippen molar-refractivity contribution in [2.24, 2.45) is 0 Å². The Morgan fingerprint density at radius 3 is 2.20 bits per heavy atom. The Morgan fingerprint density at radius 2 is 1.70 bits per heavy atom. The second kappa shape index (κ2) is 8.50. The van der Waals surface area contributed by atoms with Crippen molar-refractivity contribution in [3.8, 4) is 0 Å². The van der Waals surface area contributed by atoms with Gasteiger partial charge in [0.1, 0.15) is 0 Å². The standard InChI is InChI=1S/C14H22N4OS/c1-11(19)16-12-5-7-13(8-6-12)17-14(20)15-9-4-10-18(2)3/h5-8H,4,9-10H2,1-3H3,(H,16,19)(H2,15,17,20)/p+1. The zero-order valence-corrected chi connectivity index (χ0v) is 13.1. The lowest BCUT2D eigenvalue weighted by molar-refractivity contribution is -0.858. The first-order valence-corrected chi connectivity index (χ1v) is 7.09. The van der Waals surface area contributed by atoms with Gasteiger partial charge in [-0.3, -0.25) is 4.79 Å². The largest absolute Gasteiger partial charge is 0.362 e. The molecule has 110 valence electrons. The van der Waals surface area contributed by atoms with Gasteiger partial charge in [-0.15, -0.1) is 0 Å². The van der Waals surface area contributed by atoms with Crippen LogP contribution >= 0.6 is 12.2 Å². The molecule has 0 saturated heterocycles. The molecule has 6 heteroatoms. The van der Waals surface area contributed by atoms with Crippen LogP contribution in [0.25, 0.3) is 0 Å². The second-order valence-electron chi connectivity index (χ2n) is 4.95. The first-order chi connectivity index (χ1) is 9.47. The molecule has 1 aromatic rings. The van der Waals surface area contributed by atoms with Crippen LogP contribution in [0.3, 0.4) is 0 Å². The van der Waals surface area contributed by atoms with Crippen LogP contribution in [0.5, 0.6) is 0 Å². The van der Waals surface area contributed by atoms with Crippen LogP contribution < -0.4 is 20.9 Å². The fourth-order valence-electron chi connectivity index (χ4n) is 1.66. The van der Waals surface area contributed by atoms with E-state index < -0.39 is 0 Å². The van der Waals surface area contributed by atoms with Crippen LogP contribution in [0.2, 0.25) is 0 Å². The highest BCUT2D eigenvalue weighted by Crippen LogP contribution is 2.13. The number of quaternary nitrogens is 1. The average Bonchev–Trinajstić information content (AvgIpc) is 2.36. The van der Waals surface area contributed by atoms with Crippen molar-refractivity contribution in [1.82, 2.24) is 5.32 Å². The van der Waals surface area contributed by atoms with Gasteiger partial charge in [-0.1, -0.05) is 0 Å². The number of carbonyl (C=O) groups excluding carboxylic acids is 1. The summed E-state index contributed by atoms with van der Waals surface area (Å²) in [5.74, 6) is -0.0779. The number of amides is 1. The molecule has 20 heavy (non-hydrogen) atoms. The lowest BCUT2D eigenvalue weighted by atomic mass is 10.3. The van der Waals surface area contributed by atoms with Crippen molar-refractivity contribution in [3.05, 3.63) is 24.3 Å². The molecule has 0 spiro atoms. The van der Waals surface area contributed by atoms with Gasteiger partial charge in [0.15, 0.2) is 5.11 Å². The molecule has 0 aliphatic heterocycles. The van der Waals surface area contributed by atoms with Gasteiger partial charge in [-0.05, 0) is 36.5 Å². The molecule has 1 amide bonds. The van der Waals surface area contributed by atoms with Gasteiger partial charge in [0, 0.05) is 31.3 Å². The topological polar surface area (TPSA) is 57.6 Å². The van der Waals surface area contributed by atoms with E-state index in [1.165, 1.54) is 11.8 Å². The maximum absolute atomic E-state index is 10.9. The van der Waals surface area contributed by atoms with Gasteiger partial charge in [-0.2, -0.15) is 0 Å². The first kappa shape index (κ1) is 16.4. The Balaban J connectivity index is 2.33. The highest BCUT2D eigenvalue weighted by molar-refractivity contribution is 7.80. The molecule has 0 fully saturated rings. The van der Waals surface area contributed by atoms with Crippen LogP contribution in [-0.2, 0) is 4.79 Å². The number of rotatable bonds is 6. The molecule has 1 rings (SSSR count). The van der Waals surface area contributed by atoms with Crippen LogP contribution in [0, 0.1) is 0 Å². The molecule has 0 aromatic heterocycles. The Labute approximate surface area is 125 Å². The molecular weight excluding hydrogens is 272 g/mol. The Hall–Kier alpha value is -1.66. The van der Waals surface area contributed by atoms with E-state index in [9.17, 15) is 4.79 Å². The molecule has 0 aliphatic rings. The quantitative estimate of drug-likeness (QED) is 0.455. The van der Waals surface area contributed by atoms with E-state index in [-0.39, 0.29) is 5.91 Å². The summed E-state index contributed by atoms with van der Waals surface area (Å²) in [4.78, 5) is 12.3. The predicted molar refractivity (Wildman–Crippen MR) is 87.3 cm³/mol. The zero-order chi connectivity index (χ0) is 15.0. The molecule has 4 N–H and O–H groups in total. The number of anilines is 2. The van der Waals surface area contributed by atoms with Gasteiger partial charge in [-0.25, -0.2) is 0 Å². The third-order valence-corrected chi connectivity index (χ3v) is 2.85. The number of hydrogen-bond donors (Lipinski definition) is 4. The Kier molecular flexibility index (Phi) is 6.97. The van der Waals surface area contributed by atoms with E-state index in [2.05, 4.69) is 30.0 Å². The fraction of sp³-hybridized carbons (Fsp3) is 0.429. The molecule has 0 aliphatic carbocycles. The maximum atomic E-state index is 10.9. The lowest BCUT2D eigenvalue weighted by Gasteiger charge is -2.12. The number of carbonyl (C=O) groups is 1. The molecule has 0 bridgehead atoms. The summed E-state index contributed by atoms with van der Waals surface area (Å²) >= 11 is 5.22. The van der Waals surface area contributed by atoms with Gasteiger partial charge >= 0.3 is 0 Å². The molecule has 0 atom stereocenters. The SMILES string of the molecule is CC(=O)Nc1ccc(NC(=S)NCCC[NH+](C)C)cc1. The van der Waals surface area contributed by atoms with Crippen molar-refractivity contribution in [2.45, 2.75) is 13.3 Å². The minimum atomic E-state index is -0.0779. The summed E-state index contributed by atoms with van der Waals surface area (Å²) in [6, 6.07) is 7.43. The van der Waals surface area contributed by atoms with Gasteiger partial charge in [0.05, 0.1) is 20.6 Å². The summed E-state index contributed by atoms with van der Waals surface area (Å²) in [7, 11) is 4.26. The molecular formula is C14H23N4OS+. The van der Waals surface area contributed by atoms with Gasteiger partial charge in [0.2, 0.25) is 5.91 Å². The number of nitrogens with one attached hydrogen (secondary N) is 4. The van der Waals surface area contributed by atoms with Crippen molar-refractivity contribution in [2.75, 3.05) is 37.8 Å². The highest BCUT2D eigenvalue weighted by Gasteiger charge is 2.00.